The van der Waals surface area contributed by atoms with Gasteiger partial charge in [-0.1, -0.05) is 0 Å². The van der Waals surface area contributed by atoms with Crippen molar-refractivity contribution >= 4 is 11.8 Å². The molecule has 0 spiro atoms. The van der Waals surface area contributed by atoms with Crippen LogP contribution in [0.3, 0.4) is 0 Å². The van der Waals surface area contributed by atoms with Crippen molar-refractivity contribution in [2.75, 3.05) is 5.32 Å². The van der Waals surface area contributed by atoms with E-state index < -0.39 is 17.3 Å². The van der Waals surface area contributed by atoms with Gasteiger partial charge in [-0.05, 0) is 13.0 Å². The molecule has 0 fully saturated rings. The van der Waals surface area contributed by atoms with Crippen LogP contribution in [0, 0.1) is 5.82 Å². The maximum Gasteiger partial charge on any atom is 0.338 e. The molecule has 2 aromatic heterocycles. The number of hydrogen-bond acceptors (Lipinski definition) is 5. The minimum Gasteiger partial charge on any atom is -0.478 e. The van der Waals surface area contributed by atoms with Gasteiger partial charge in [-0.25, -0.2) is 14.2 Å². The molecule has 0 atom stereocenters. The number of nitrogens with one attached hydrogen (secondary N) is 1. The number of aromatic carboxylic acids is 1. The van der Waals surface area contributed by atoms with Crippen molar-refractivity contribution < 1.29 is 14.3 Å². The molecule has 100 valence electrons. The molecular formula is C11H12FN5O2. The zero-order valence-electron chi connectivity index (χ0n) is 10.2. The molecule has 2 heterocycles. The van der Waals surface area contributed by atoms with Gasteiger partial charge >= 0.3 is 5.97 Å². The van der Waals surface area contributed by atoms with Gasteiger partial charge in [0.15, 0.2) is 17.5 Å². The summed E-state index contributed by atoms with van der Waals surface area (Å²) in [6.45, 7) is 2.83. The van der Waals surface area contributed by atoms with E-state index in [4.69, 9.17) is 5.11 Å². The Balaban J connectivity index is 2.16. The van der Waals surface area contributed by atoms with Crippen molar-refractivity contribution in [3.63, 3.8) is 0 Å². The third kappa shape index (κ3) is 2.67. The number of halogens is 1. The van der Waals surface area contributed by atoms with Crippen LogP contribution in [0.4, 0.5) is 10.2 Å². The van der Waals surface area contributed by atoms with E-state index in [1.54, 1.807) is 10.9 Å². The molecule has 2 aromatic rings. The molecule has 0 aliphatic carbocycles. The van der Waals surface area contributed by atoms with Crippen LogP contribution in [0.1, 0.15) is 23.1 Å². The number of pyridine rings is 1. The van der Waals surface area contributed by atoms with Gasteiger partial charge in [-0.2, -0.15) is 0 Å². The van der Waals surface area contributed by atoms with Crippen LogP contribution in [0.5, 0.6) is 0 Å². The molecule has 0 aromatic carbocycles. The summed E-state index contributed by atoms with van der Waals surface area (Å²) in [7, 11) is 0. The Bertz CT molecular complexity index is 599. The first-order chi connectivity index (χ1) is 9.13. The average Bonchev–Trinajstić information content (AvgIpc) is 2.84. The minimum absolute atomic E-state index is 0.120. The van der Waals surface area contributed by atoms with Gasteiger partial charge in [0.25, 0.3) is 0 Å². The summed E-state index contributed by atoms with van der Waals surface area (Å²) in [5, 5.41) is 19.1. The van der Waals surface area contributed by atoms with Gasteiger partial charge in [-0.3, -0.25) is 0 Å². The Kier molecular flexibility index (Phi) is 3.69. The Morgan fingerprint density at radius 1 is 1.58 bits per heavy atom. The van der Waals surface area contributed by atoms with E-state index in [0.29, 0.717) is 12.4 Å². The van der Waals surface area contributed by atoms with Crippen molar-refractivity contribution in [2.45, 2.75) is 20.0 Å². The molecule has 0 aliphatic heterocycles. The monoisotopic (exact) mass is 265 g/mol. The zero-order chi connectivity index (χ0) is 13.8. The Morgan fingerprint density at radius 2 is 2.37 bits per heavy atom. The summed E-state index contributed by atoms with van der Waals surface area (Å²) in [6, 6.07) is 1.11. The van der Waals surface area contributed by atoms with Crippen molar-refractivity contribution in [2.24, 2.45) is 0 Å². The van der Waals surface area contributed by atoms with E-state index in [9.17, 15) is 9.18 Å². The van der Waals surface area contributed by atoms with Crippen molar-refractivity contribution in [1.82, 2.24) is 19.7 Å². The first-order valence-electron chi connectivity index (χ1n) is 5.61. The highest BCUT2D eigenvalue weighted by Gasteiger charge is 2.15. The Hall–Kier alpha value is -2.51. The number of anilines is 1. The van der Waals surface area contributed by atoms with Crippen molar-refractivity contribution in [3.8, 4) is 0 Å². The maximum atomic E-state index is 13.8. The third-order valence-electron chi connectivity index (χ3n) is 2.57. The number of rotatable bonds is 5. The number of carbonyl (C=O) groups is 1. The normalized spacial score (nSPS) is 10.4. The summed E-state index contributed by atoms with van der Waals surface area (Å²) in [6.07, 6.45) is 2.80. The predicted octanol–water partition coefficient (Wildman–Crippen LogP) is 1.14. The smallest absolute Gasteiger partial charge is 0.338 e. The quantitative estimate of drug-likeness (QED) is 0.842. The SMILES string of the molecule is CCn1cnnc1CNc1nccc(C(=O)O)c1F. The highest BCUT2D eigenvalue weighted by Crippen LogP contribution is 2.15. The third-order valence-corrected chi connectivity index (χ3v) is 2.57. The lowest BCUT2D eigenvalue weighted by Crippen LogP contribution is -2.11. The van der Waals surface area contributed by atoms with E-state index in [2.05, 4.69) is 20.5 Å². The van der Waals surface area contributed by atoms with Crippen molar-refractivity contribution in [1.29, 1.82) is 0 Å². The first-order valence-corrected chi connectivity index (χ1v) is 5.61. The second-order valence-corrected chi connectivity index (χ2v) is 3.71. The maximum absolute atomic E-state index is 13.8. The van der Waals surface area contributed by atoms with Gasteiger partial charge in [0.05, 0.1) is 6.54 Å². The molecular weight excluding hydrogens is 253 g/mol. The number of hydrogen-bond donors (Lipinski definition) is 2. The lowest BCUT2D eigenvalue weighted by molar-refractivity contribution is 0.0692. The van der Waals surface area contributed by atoms with Gasteiger partial charge in [-0.15, -0.1) is 10.2 Å². The van der Waals surface area contributed by atoms with Gasteiger partial charge in [0, 0.05) is 12.7 Å². The number of carboxylic acids is 1. The van der Waals surface area contributed by atoms with Crippen LogP contribution in [-0.4, -0.2) is 30.8 Å². The topological polar surface area (TPSA) is 92.9 Å². The number of aromatic nitrogens is 4. The Morgan fingerprint density at radius 3 is 3.05 bits per heavy atom. The van der Waals surface area contributed by atoms with Crippen LogP contribution in [0.15, 0.2) is 18.6 Å². The highest BCUT2D eigenvalue weighted by molar-refractivity contribution is 5.88. The lowest BCUT2D eigenvalue weighted by Gasteiger charge is -2.08. The number of aryl methyl sites for hydroxylation is 1. The molecule has 0 saturated heterocycles. The van der Waals surface area contributed by atoms with Crippen LogP contribution in [-0.2, 0) is 13.1 Å². The van der Waals surface area contributed by atoms with E-state index in [-0.39, 0.29) is 12.4 Å². The standard InChI is InChI=1S/C11H12FN5O2/c1-2-17-6-15-16-8(17)5-14-10-9(12)7(11(18)19)3-4-13-10/h3-4,6H,2,5H2,1H3,(H,13,14)(H,18,19). The fourth-order valence-corrected chi connectivity index (χ4v) is 1.57. The summed E-state index contributed by atoms with van der Waals surface area (Å²) < 4.78 is 15.6. The average molecular weight is 265 g/mol. The molecule has 0 radical (unpaired) electrons. The molecule has 0 aliphatic rings. The molecule has 0 saturated carbocycles. The largest absolute Gasteiger partial charge is 0.478 e. The molecule has 0 unspecified atom stereocenters. The summed E-state index contributed by atoms with van der Waals surface area (Å²) in [5.74, 6) is -1.73. The van der Waals surface area contributed by atoms with Gasteiger partial charge in [0.2, 0.25) is 0 Å². The van der Waals surface area contributed by atoms with Gasteiger partial charge < -0.3 is 15.0 Å². The van der Waals surface area contributed by atoms with Crippen LogP contribution >= 0.6 is 0 Å². The molecule has 7 nitrogen and oxygen atoms in total. The summed E-state index contributed by atoms with van der Waals surface area (Å²) in [5.41, 5.74) is -0.422. The molecule has 2 N–H and O–H groups in total. The fourth-order valence-electron chi connectivity index (χ4n) is 1.57. The second kappa shape index (κ2) is 5.42. The van der Waals surface area contributed by atoms with Crippen LogP contribution in [0.25, 0.3) is 0 Å². The summed E-state index contributed by atoms with van der Waals surface area (Å²) >= 11 is 0. The van der Waals surface area contributed by atoms with Crippen LogP contribution in [0.2, 0.25) is 0 Å². The fraction of sp³-hybridized carbons (Fsp3) is 0.273. The molecule has 0 bridgehead atoms. The van der Waals surface area contributed by atoms with E-state index in [0.717, 1.165) is 6.07 Å². The van der Waals surface area contributed by atoms with Crippen LogP contribution < -0.4 is 5.32 Å². The molecule has 0 amide bonds. The number of carboxylic acid groups (broad SMARTS) is 1. The molecule has 2 rings (SSSR count). The first kappa shape index (κ1) is 12.9. The zero-order valence-corrected chi connectivity index (χ0v) is 10.2. The predicted molar refractivity (Wildman–Crippen MR) is 64.2 cm³/mol. The molecule has 19 heavy (non-hydrogen) atoms. The van der Waals surface area contributed by atoms with Gasteiger partial charge in [0.1, 0.15) is 11.9 Å². The number of nitrogens with zero attached hydrogens (tertiary/aromatic N) is 4. The van der Waals surface area contributed by atoms with E-state index in [1.165, 1.54) is 6.20 Å². The minimum atomic E-state index is -1.33. The van der Waals surface area contributed by atoms with E-state index >= 15 is 0 Å². The van der Waals surface area contributed by atoms with Crippen molar-refractivity contribution in [3.05, 3.63) is 35.8 Å². The second-order valence-electron chi connectivity index (χ2n) is 3.71. The Labute approximate surface area is 108 Å². The highest BCUT2D eigenvalue weighted by atomic mass is 19.1. The molecule has 8 heteroatoms. The summed E-state index contributed by atoms with van der Waals surface area (Å²) in [4.78, 5) is 14.6. The van der Waals surface area contributed by atoms with E-state index in [1.807, 2.05) is 6.92 Å². The lowest BCUT2D eigenvalue weighted by atomic mass is 10.2.